The van der Waals surface area contributed by atoms with Gasteiger partial charge in [0, 0.05) is 0 Å². The third-order valence-electron chi connectivity index (χ3n) is 3.55. The van der Waals surface area contributed by atoms with Gasteiger partial charge in [-0.25, -0.2) is 13.2 Å². The Kier molecular flexibility index (Phi) is 5.05. The van der Waals surface area contributed by atoms with Crippen LogP contribution in [0.3, 0.4) is 0 Å². The molecule has 2 aromatic rings. The molecule has 0 saturated heterocycles. The zero-order chi connectivity index (χ0) is 17.1. The zero-order valence-electron chi connectivity index (χ0n) is 12.6. The standard InChI is InChI=1S/C17H16F3NO2/c1-9-4-3-5-12(15(9)20)17(23)21-10(2)16(22)11-6-7-13(18)14(19)8-11/h3-8,10,16,22H,1-2H3,(H,21,23). The van der Waals surface area contributed by atoms with Crippen LogP contribution in [0.2, 0.25) is 0 Å². The highest BCUT2D eigenvalue weighted by Gasteiger charge is 2.22. The number of carbonyl (C=O) groups is 1. The Hall–Kier alpha value is -2.34. The van der Waals surface area contributed by atoms with Crippen LogP contribution in [0, 0.1) is 24.4 Å². The van der Waals surface area contributed by atoms with Crippen molar-refractivity contribution in [1.29, 1.82) is 0 Å². The number of halogens is 3. The highest BCUT2D eigenvalue weighted by molar-refractivity contribution is 5.94. The highest BCUT2D eigenvalue weighted by Crippen LogP contribution is 2.20. The van der Waals surface area contributed by atoms with Crippen LogP contribution in [0.25, 0.3) is 0 Å². The van der Waals surface area contributed by atoms with Crippen molar-refractivity contribution in [1.82, 2.24) is 5.32 Å². The minimum absolute atomic E-state index is 0.112. The molecule has 3 nitrogen and oxygen atoms in total. The first kappa shape index (κ1) is 17.0. The Labute approximate surface area is 131 Å². The van der Waals surface area contributed by atoms with Gasteiger partial charge in [-0.1, -0.05) is 18.2 Å². The lowest BCUT2D eigenvalue weighted by molar-refractivity contribution is 0.0847. The largest absolute Gasteiger partial charge is 0.386 e. The van der Waals surface area contributed by atoms with Crippen LogP contribution in [-0.2, 0) is 0 Å². The molecule has 0 aliphatic rings. The van der Waals surface area contributed by atoms with E-state index < -0.39 is 35.5 Å². The maximum Gasteiger partial charge on any atom is 0.254 e. The third kappa shape index (κ3) is 3.71. The molecule has 2 N–H and O–H groups in total. The van der Waals surface area contributed by atoms with E-state index in [-0.39, 0.29) is 11.1 Å². The number of carbonyl (C=O) groups excluding carboxylic acids is 1. The van der Waals surface area contributed by atoms with Gasteiger partial charge in [0.2, 0.25) is 0 Å². The van der Waals surface area contributed by atoms with Gasteiger partial charge in [0.25, 0.3) is 5.91 Å². The average molecular weight is 323 g/mol. The lowest BCUT2D eigenvalue weighted by Crippen LogP contribution is -2.37. The Morgan fingerprint density at radius 1 is 1.13 bits per heavy atom. The van der Waals surface area contributed by atoms with Crippen LogP contribution in [0.5, 0.6) is 0 Å². The first-order chi connectivity index (χ1) is 10.8. The number of rotatable bonds is 4. The Bertz CT molecular complexity index is 734. The van der Waals surface area contributed by atoms with Crippen molar-refractivity contribution in [3.05, 3.63) is 70.5 Å². The normalized spacial score (nSPS) is 13.5. The summed E-state index contributed by atoms with van der Waals surface area (Å²) < 4.78 is 40.0. The summed E-state index contributed by atoms with van der Waals surface area (Å²) in [6, 6.07) is 6.55. The maximum absolute atomic E-state index is 13.9. The fourth-order valence-corrected chi connectivity index (χ4v) is 2.17. The molecule has 6 heteroatoms. The van der Waals surface area contributed by atoms with Crippen LogP contribution < -0.4 is 5.32 Å². The van der Waals surface area contributed by atoms with Gasteiger partial charge in [-0.2, -0.15) is 0 Å². The lowest BCUT2D eigenvalue weighted by atomic mass is 10.0. The SMILES string of the molecule is Cc1cccc(C(=O)NC(C)C(O)c2ccc(F)c(F)c2)c1F. The molecule has 0 aliphatic heterocycles. The van der Waals surface area contributed by atoms with E-state index in [0.717, 1.165) is 12.1 Å². The zero-order valence-corrected chi connectivity index (χ0v) is 12.6. The van der Waals surface area contributed by atoms with E-state index in [9.17, 15) is 23.1 Å². The van der Waals surface area contributed by atoms with E-state index in [4.69, 9.17) is 0 Å². The minimum atomic E-state index is -1.26. The second-order valence-electron chi connectivity index (χ2n) is 5.32. The van der Waals surface area contributed by atoms with Gasteiger partial charge in [-0.3, -0.25) is 4.79 Å². The molecule has 2 atom stereocenters. The van der Waals surface area contributed by atoms with Crippen molar-refractivity contribution in [3.8, 4) is 0 Å². The van der Waals surface area contributed by atoms with Gasteiger partial charge in [0.05, 0.1) is 17.7 Å². The topological polar surface area (TPSA) is 49.3 Å². The predicted molar refractivity (Wildman–Crippen MR) is 79.4 cm³/mol. The highest BCUT2D eigenvalue weighted by atomic mass is 19.2. The number of hydrogen-bond donors (Lipinski definition) is 2. The van der Waals surface area contributed by atoms with E-state index in [1.165, 1.54) is 32.0 Å². The number of aliphatic hydroxyl groups excluding tert-OH is 1. The van der Waals surface area contributed by atoms with Crippen LogP contribution in [0.4, 0.5) is 13.2 Å². The summed E-state index contributed by atoms with van der Waals surface area (Å²) in [4.78, 5) is 12.1. The number of benzene rings is 2. The molecule has 2 rings (SSSR count). The monoisotopic (exact) mass is 323 g/mol. The molecular weight excluding hydrogens is 307 g/mol. The van der Waals surface area contributed by atoms with Gasteiger partial charge in [-0.05, 0) is 43.2 Å². The van der Waals surface area contributed by atoms with Gasteiger partial charge in [0.15, 0.2) is 11.6 Å². The number of hydrogen-bond acceptors (Lipinski definition) is 2. The third-order valence-corrected chi connectivity index (χ3v) is 3.55. The maximum atomic E-state index is 13.9. The van der Waals surface area contributed by atoms with E-state index in [2.05, 4.69) is 5.32 Å². The Balaban J connectivity index is 2.14. The summed E-state index contributed by atoms with van der Waals surface area (Å²) in [5.41, 5.74) is 0.294. The lowest BCUT2D eigenvalue weighted by Gasteiger charge is -2.21. The molecule has 0 bridgehead atoms. The van der Waals surface area contributed by atoms with E-state index in [1.54, 1.807) is 6.07 Å². The van der Waals surface area contributed by atoms with Crippen molar-refractivity contribution in [2.45, 2.75) is 26.0 Å². The molecule has 0 heterocycles. The summed E-state index contributed by atoms with van der Waals surface area (Å²) in [5, 5.41) is 12.6. The number of aliphatic hydroxyl groups is 1. The molecule has 1 amide bonds. The minimum Gasteiger partial charge on any atom is -0.386 e. The number of amides is 1. The second kappa shape index (κ2) is 6.83. The van der Waals surface area contributed by atoms with Crippen LogP contribution in [0.15, 0.2) is 36.4 Å². The van der Waals surface area contributed by atoms with Crippen LogP contribution in [-0.4, -0.2) is 17.1 Å². The number of nitrogens with one attached hydrogen (secondary N) is 1. The molecule has 0 fully saturated rings. The molecule has 122 valence electrons. The first-order valence-corrected chi connectivity index (χ1v) is 7.00. The summed E-state index contributed by atoms with van der Waals surface area (Å²) in [5.74, 6) is -3.45. The second-order valence-corrected chi connectivity index (χ2v) is 5.32. The summed E-state index contributed by atoms with van der Waals surface area (Å²) in [6.45, 7) is 3.02. The smallest absolute Gasteiger partial charge is 0.254 e. The van der Waals surface area contributed by atoms with E-state index >= 15 is 0 Å². The number of aryl methyl sites for hydroxylation is 1. The molecule has 0 spiro atoms. The van der Waals surface area contributed by atoms with E-state index in [1.807, 2.05) is 0 Å². The fourth-order valence-electron chi connectivity index (χ4n) is 2.17. The van der Waals surface area contributed by atoms with Gasteiger partial charge < -0.3 is 10.4 Å². The van der Waals surface area contributed by atoms with Crippen molar-refractivity contribution in [2.24, 2.45) is 0 Å². The molecular formula is C17H16F3NO2. The molecule has 0 aliphatic carbocycles. The van der Waals surface area contributed by atoms with E-state index in [0.29, 0.717) is 5.56 Å². The van der Waals surface area contributed by atoms with Crippen molar-refractivity contribution < 1.29 is 23.1 Å². The van der Waals surface area contributed by atoms with Gasteiger partial charge >= 0.3 is 0 Å². The molecule has 2 unspecified atom stereocenters. The van der Waals surface area contributed by atoms with Crippen molar-refractivity contribution >= 4 is 5.91 Å². The summed E-state index contributed by atoms with van der Waals surface area (Å²) in [6.07, 6.45) is -1.26. The quantitative estimate of drug-likeness (QED) is 0.907. The van der Waals surface area contributed by atoms with Crippen molar-refractivity contribution in [3.63, 3.8) is 0 Å². The Morgan fingerprint density at radius 3 is 2.48 bits per heavy atom. The molecule has 0 saturated carbocycles. The van der Waals surface area contributed by atoms with Crippen molar-refractivity contribution in [2.75, 3.05) is 0 Å². The Morgan fingerprint density at radius 2 is 1.83 bits per heavy atom. The predicted octanol–water partition coefficient (Wildman–Crippen LogP) is 3.26. The first-order valence-electron chi connectivity index (χ1n) is 7.00. The summed E-state index contributed by atoms with van der Waals surface area (Å²) >= 11 is 0. The van der Waals surface area contributed by atoms with Crippen LogP contribution >= 0.6 is 0 Å². The van der Waals surface area contributed by atoms with Gasteiger partial charge in [0.1, 0.15) is 5.82 Å². The molecule has 23 heavy (non-hydrogen) atoms. The molecule has 0 aromatic heterocycles. The fraction of sp³-hybridized carbons (Fsp3) is 0.235. The molecule has 2 aromatic carbocycles. The summed E-state index contributed by atoms with van der Waals surface area (Å²) in [7, 11) is 0. The molecule has 0 radical (unpaired) electrons. The average Bonchev–Trinajstić information content (AvgIpc) is 2.51. The van der Waals surface area contributed by atoms with Crippen LogP contribution in [0.1, 0.15) is 34.5 Å². The van der Waals surface area contributed by atoms with Gasteiger partial charge in [-0.15, -0.1) is 0 Å².